The van der Waals surface area contributed by atoms with Crippen molar-refractivity contribution >= 4 is 0 Å². The predicted octanol–water partition coefficient (Wildman–Crippen LogP) is 4.25. The molecule has 0 N–H and O–H groups in total. The Morgan fingerprint density at radius 2 is 1.96 bits per heavy atom. The van der Waals surface area contributed by atoms with Crippen LogP contribution in [-0.2, 0) is 13.0 Å². The summed E-state index contributed by atoms with van der Waals surface area (Å²) in [6.07, 6.45) is 3.54. The lowest BCUT2D eigenvalue weighted by molar-refractivity contribution is 0.187. The van der Waals surface area contributed by atoms with Crippen molar-refractivity contribution in [1.29, 1.82) is 0 Å². The number of hydrogen-bond donors (Lipinski definition) is 0. The van der Waals surface area contributed by atoms with Crippen molar-refractivity contribution < 1.29 is 9.26 Å². The number of ether oxygens (including phenoxy) is 1. The largest absolute Gasteiger partial charge is 0.497 e. The molecule has 0 amide bonds. The van der Waals surface area contributed by atoms with Crippen molar-refractivity contribution in [1.82, 2.24) is 15.0 Å². The smallest absolute Gasteiger partial charge is 0.241 e. The summed E-state index contributed by atoms with van der Waals surface area (Å²) in [5.74, 6) is 2.06. The van der Waals surface area contributed by atoms with Gasteiger partial charge in [-0.05, 0) is 61.7 Å². The molecular weight excluding hydrogens is 326 g/mol. The summed E-state index contributed by atoms with van der Waals surface area (Å²) < 4.78 is 10.7. The number of benzene rings is 2. The summed E-state index contributed by atoms with van der Waals surface area (Å²) in [5, 5.41) is 4.13. The van der Waals surface area contributed by atoms with Crippen molar-refractivity contribution in [3.8, 4) is 17.1 Å². The molecule has 0 aliphatic heterocycles. The summed E-state index contributed by atoms with van der Waals surface area (Å²) in [4.78, 5) is 6.88. The second-order valence-corrected chi connectivity index (χ2v) is 6.76. The first-order valence-corrected chi connectivity index (χ1v) is 8.99. The number of methoxy groups -OCH3 is 1. The summed E-state index contributed by atoms with van der Waals surface area (Å²) in [6, 6.07) is 16.8. The van der Waals surface area contributed by atoms with Crippen LogP contribution in [0.15, 0.2) is 53.1 Å². The van der Waals surface area contributed by atoms with Crippen LogP contribution in [0, 0.1) is 0 Å². The van der Waals surface area contributed by atoms with Crippen LogP contribution < -0.4 is 4.74 Å². The monoisotopic (exact) mass is 349 g/mol. The van der Waals surface area contributed by atoms with Crippen LogP contribution in [0.3, 0.4) is 0 Å². The molecule has 0 bridgehead atoms. The molecule has 0 radical (unpaired) electrons. The van der Waals surface area contributed by atoms with E-state index in [1.54, 1.807) is 7.11 Å². The van der Waals surface area contributed by atoms with Crippen LogP contribution in [0.2, 0.25) is 0 Å². The maximum Gasteiger partial charge on any atom is 0.241 e. The van der Waals surface area contributed by atoms with Gasteiger partial charge in [-0.25, -0.2) is 0 Å². The average Bonchev–Trinajstić information content (AvgIpc) is 3.16. The zero-order valence-electron chi connectivity index (χ0n) is 15.2. The predicted molar refractivity (Wildman–Crippen MR) is 99.9 cm³/mol. The zero-order chi connectivity index (χ0) is 17.9. The highest BCUT2D eigenvalue weighted by Crippen LogP contribution is 2.34. The van der Waals surface area contributed by atoms with Crippen molar-refractivity contribution in [2.75, 3.05) is 14.2 Å². The average molecular weight is 349 g/mol. The van der Waals surface area contributed by atoms with E-state index in [0.29, 0.717) is 24.3 Å². The summed E-state index contributed by atoms with van der Waals surface area (Å²) in [5.41, 5.74) is 3.81. The van der Waals surface area contributed by atoms with E-state index in [9.17, 15) is 0 Å². The van der Waals surface area contributed by atoms with Crippen molar-refractivity contribution in [2.24, 2.45) is 0 Å². The Morgan fingerprint density at radius 3 is 2.77 bits per heavy atom. The molecule has 3 aromatic rings. The van der Waals surface area contributed by atoms with Crippen LogP contribution in [0.25, 0.3) is 11.4 Å². The molecule has 0 unspecified atom stereocenters. The minimum Gasteiger partial charge on any atom is -0.497 e. The first kappa shape index (κ1) is 16.8. The van der Waals surface area contributed by atoms with Gasteiger partial charge in [-0.1, -0.05) is 29.4 Å². The van der Waals surface area contributed by atoms with Gasteiger partial charge in [-0.2, -0.15) is 4.98 Å². The Kier molecular flexibility index (Phi) is 4.71. The first-order valence-electron chi connectivity index (χ1n) is 8.99. The fourth-order valence-corrected chi connectivity index (χ4v) is 3.69. The molecule has 0 fully saturated rings. The fourth-order valence-electron chi connectivity index (χ4n) is 3.69. The molecule has 1 aromatic heterocycles. The van der Waals surface area contributed by atoms with Gasteiger partial charge in [0.05, 0.1) is 13.7 Å². The molecule has 1 aliphatic rings. The molecule has 5 heteroatoms. The van der Waals surface area contributed by atoms with E-state index in [4.69, 9.17) is 9.26 Å². The van der Waals surface area contributed by atoms with Crippen molar-refractivity contribution in [3.05, 3.63) is 65.5 Å². The number of nitrogens with zero attached hydrogens (tertiary/aromatic N) is 3. The third-order valence-electron chi connectivity index (χ3n) is 5.07. The Labute approximate surface area is 153 Å². The lowest BCUT2D eigenvalue weighted by Crippen LogP contribution is -2.27. The second kappa shape index (κ2) is 7.30. The molecule has 1 atom stereocenters. The third-order valence-corrected chi connectivity index (χ3v) is 5.07. The molecule has 2 aromatic carbocycles. The quantitative estimate of drug-likeness (QED) is 0.689. The zero-order valence-corrected chi connectivity index (χ0v) is 15.2. The number of aryl methyl sites for hydroxylation is 1. The van der Waals surface area contributed by atoms with Crippen LogP contribution in [-0.4, -0.2) is 29.2 Å². The number of rotatable bonds is 5. The number of aromatic nitrogens is 2. The molecule has 1 heterocycles. The van der Waals surface area contributed by atoms with E-state index in [-0.39, 0.29) is 0 Å². The van der Waals surface area contributed by atoms with E-state index in [2.05, 4.69) is 46.4 Å². The van der Waals surface area contributed by atoms with Gasteiger partial charge in [0, 0.05) is 11.6 Å². The van der Waals surface area contributed by atoms with Crippen LogP contribution in [0.5, 0.6) is 5.75 Å². The molecular formula is C21H23N3O2. The number of hydrogen-bond acceptors (Lipinski definition) is 5. The second-order valence-electron chi connectivity index (χ2n) is 6.76. The summed E-state index contributed by atoms with van der Waals surface area (Å²) in [6.45, 7) is 0.641. The van der Waals surface area contributed by atoms with Gasteiger partial charge in [0.1, 0.15) is 5.75 Å². The highest BCUT2D eigenvalue weighted by Gasteiger charge is 2.24. The Balaban J connectivity index is 1.49. The minimum atomic E-state index is 0.399. The van der Waals surface area contributed by atoms with Crippen molar-refractivity contribution in [3.63, 3.8) is 0 Å². The van der Waals surface area contributed by atoms with Gasteiger partial charge in [0.2, 0.25) is 11.7 Å². The molecule has 0 saturated heterocycles. The number of fused-ring (bicyclic) bond motifs is 1. The Hall–Kier alpha value is -2.66. The lowest BCUT2D eigenvalue weighted by Gasteiger charge is -2.32. The van der Waals surface area contributed by atoms with Crippen LogP contribution >= 0.6 is 0 Å². The normalized spacial score (nSPS) is 16.5. The van der Waals surface area contributed by atoms with Crippen molar-refractivity contribution in [2.45, 2.75) is 31.8 Å². The molecule has 26 heavy (non-hydrogen) atoms. The summed E-state index contributed by atoms with van der Waals surface area (Å²) in [7, 11) is 3.78. The van der Waals surface area contributed by atoms with E-state index < -0.39 is 0 Å². The van der Waals surface area contributed by atoms with E-state index in [1.165, 1.54) is 24.0 Å². The standard InChI is InChI=1S/C21H23N3O2/c1-24(19-9-5-7-15-6-3-4-8-18(15)19)14-20-22-21(23-26-20)16-10-12-17(25-2)13-11-16/h3-4,6,8,10-13,19H,5,7,9,14H2,1-2H3/t19-/m0/s1. The van der Waals surface area contributed by atoms with Gasteiger partial charge < -0.3 is 9.26 Å². The van der Waals surface area contributed by atoms with Crippen LogP contribution in [0.4, 0.5) is 0 Å². The van der Waals surface area contributed by atoms with Gasteiger partial charge in [0.25, 0.3) is 0 Å². The molecule has 134 valence electrons. The third kappa shape index (κ3) is 3.35. The van der Waals surface area contributed by atoms with Gasteiger partial charge in [0.15, 0.2) is 0 Å². The molecule has 5 nitrogen and oxygen atoms in total. The van der Waals surface area contributed by atoms with Gasteiger partial charge >= 0.3 is 0 Å². The highest BCUT2D eigenvalue weighted by molar-refractivity contribution is 5.55. The van der Waals surface area contributed by atoms with E-state index in [1.807, 2.05) is 24.3 Å². The van der Waals surface area contributed by atoms with Gasteiger partial charge in [-0.15, -0.1) is 0 Å². The fraction of sp³-hybridized carbons (Fsp3) is 0.333. The maximum atomic E-state index is 5.49. The lowest BCUT2D eigenvalue weighted by atomic mass is 9.87. The van der Waals surface area contributed by atoms with E-state index >= 15 is 0 Å². The first-order chi connectivity index (χ1) is 12.7. The van der Waals surface area contributed by atoms with E-state index in [0.717, 1.165) is 17.7 Å². The molecule has 1 aliphatic carbocycles. The SMILES string of the molecule is COc1ccc(-c2noc(CN(C)[C@H]3CCCc4ccccc43)n2)cc1. The molecule has 0 spiro atoms. The van der Waals surface area contributed by atoms with Crippen LogP contribution in [0.1, 0.15) is 35.9 Å². The van der Waals surface area contributed by atoms with Gasteiger partial charge in [-0.3, -0.25) is 4.90 Å². The Morgan fingerprint density at radius 1 is 1.15 bits per heavy atom. The Bertz CT molecular complexity index is 873. The topological polar surface area (TPSA) is 51.4 Å². The highest BCUT2D eigenvalue weighted by atomic mass is 16.5. The molecule has 0 saturated carbocycles. The molecule has 4 rings (SSSR count). The maximum absolute atomic E-state index is 5.49. The minimum absolute atomic E-state index is 0.399. The summed E-state index contributed by atoms with van der Waals surface area (Å²) >= 11 is 0.